The number of pyridine rings is 1. The van der Waals surface area contributed by atoms with Gasteiger partial charge in [0.05, 0.1) is 29.6 Å². The van der Waals surface area contributed by atoms with E-state index in [9.17, 15) is 10.1 Å². The summed E-state index contributed by atoms with van der Waals surface area (Å²) >= 11 is 0. The molecule has 1 N–H and O–H groups in total. The fourth-order valence-corrected chi connectivity index (χ4v) is 7.23. The number of nitrogens with one attached hydrogen (secondary N) is 1. The number of rotatable bonds is 3. The molecular formula is C24H25N9O. The maximum atomic E-state index is 13.5. The average molecular weight is 456 g/mol. The maximum Gasteiger partial charge on any atom is 0.330 e. The number of hydrogen-bond donors (Lipinski definition) is 1. The maximum absolute atomic E-state index is 13.5. The third-order valence-electron chi connectivity index (χ3n) is 8.46. The van der Waals surface area contributed by atoms with Gasteiger partial charge in [-0.3, -0.25) is 9.13 Å². The van der Waals surface area contributed by atoms with Gasteiger partial charge in [0.1, 0.15) is 11.8 Å². The highest BCUT2D eigenvalue weighted by Gasteiger charge is 2.56. The van der Waals surface area contributed by atoms with E-state index in [0.29, 0.717) is 29.3 Å². The first-order valence-corrected chi connectivity index (χ1v) is 11.9. The Hall–Kier alpha value is -3.74. The molecule has 2 atom stereocenters. The average Bonchev–Trinajstić information content (AvgIpc) is 3.36. The molecule has 4 aromatic heterocycles. The molecule has 4 saturated carbocycles. The number of aromatic nitrogens is 7. The zero-order valence-corrected chi connectivity index (χ0v) is 19.1. The Morgan fingerprint density at radius 3 is 2.76 bits per heavy atom. The van der Waals surface area contributed by atoms with Gasteiger partial charge in [0, 0.05) is 13.1 Å². The van der Waals surface area contributed by atoms with Crippen LogP contribution < -0.4 is 11.0 Å². The highest BCUT2D eigenvalue weighted by Crippen LogP contribution is 2.63. The van der Waals surface area contributed by atoms with E-state index < -0.39 is 0 Å². The van der Waals surface area contributed by atoms with Gasteiger partial charge in [0.2, 0.25) is 5.95 Å². The molecule has 0 amide bonds. The van der Waals surface area contributed by atoms with Crippen LogP contribution in [-0.4, -0.2) is 33.7 Å². The van der Waals surface area contributed by atoms with Crippen molar-refractivity contribution in [2.75, 3.05) is 5.32 Å². The number of nitrogens with zero attached hydrogens (tertiary/aromatic N) is 8. The molecule has 0 aliphatic heterocycles. The first-order valence-electron chi connectivity index (χ1n) is 11.9. The number of anilines is 2. The van der Waals surface area contributed by atoms with Crippen molar-refractivity contribution in [2.45, 2.75) is 45.1 Å². The van der Waals surface area contributed by atoms with E-state index in [2.05, 4.69) is 26.5 Å². The summed E-state index contributed by atoms with van der Waals surface area (Å²) in [6, 6.07) is 4.69. The SMILES string of the molecule is Cc1cc2ncnn2cc1Nc1ncc2c(n1)n(C1C3CC4CC1CC(C#N)(C4)C3)c(=O)n2C. The van der Waals surface area contributed by atoms with E-state index in [1.54, 1.807) is 22.3 Å². The molecule has 4 fully saturated rings. The molecule has 0 radical (unpaired) electrons. The normalized spacial score (nSPS) is 29.7. The Balaban J connectivity index is 1.32. The number of hydrogen-bond acceptors (Lipinski definition) is 7. The quantitative estimate of drug-likeness (QED) is 0.504. The Kier molecular flexibility index (Phi) is 3.86. The molecule has 0 aromatic carbocycles. The summed E-state index contributed by atoms with van der Waals surface area (Å²) in [4.78, 5) is 27.0. The molecule has 2 unspecified atom stereocenters. The van der Waals surface area contributed by atoms with Crippen molar-refractivity contribution in [3.63, 3.8) is 0 Å². The zero-order chi connectivity index (χ0) is 23.2. The van der Waals surface area contributed by atoms with Crippen LogP contribution in [0, 0.1) is 41.4 Å². The number of fused-ring (bicyclic) bond motifs is 2. The highest BCUT2D eigenvalue weighted by atomic mass is 16.1. The van der Waals surface area contributed by atoms with E-state index in [-0.39, 0.29) is 17.1 Å². The summed E-state index contributed by atoms with van der Waals surface area (Å²) in [5.74, 6) is 1.74. The minimum absolute atomic E-state index is 0.0508. The van der Waals surface area contributed by atoms with Crippen LogP contribution in [-0.2, 0) is 7.05 Å². The Bertz CT molecular complexity index is 1560. The van der Waals surface area contributed by atoms with Gasteiger partial charge in [-0.15, -0.1) is 0 Å². The van der Waals surface area contributed by atoms with Gasteiger partial charge in [0.25, 0.3) is 0 Å². The lowest BCUT2D eigenvalue weighted by Crippen LogP contribution is -2.52. The molecule has 4 aliphatic carbocycles. The third-order valence-corrected chi connectivity index (χ3v) is 8.46. The molecule has 0 saturated heterocycles. The molecule has 10 nitrogen and oxygen atoms in total. The van der Waals surface area contributed by atoms with Crippen molar-refractivity contribution in [3.8, 4) is 6.07 Å². The smallest absolute Gasteiger partial charge is 0.323 e. The molecule has 34 heavy (non-hydrogen) atoms. The van der Waals surface area contributed by atoms with Gasteiger partial charge in [-0.05, 0) is 68.4 Å². The van der Waals surface area contributed by atoms with Gasteiger partial charge in [-0.25, -0.2) is 19.3 Å². The largest absolute Gasteiger partial charge is 0.330 e. The fraction of sp³-hybridized carbons (Fsp3) is 0.500. The zero-order valence-electron chi connectivity index (χ0n) is 19.1. The lowest BCUT2D eigenvalue weighted by Gasteiger charge is -2.57. The summed E-state index contributed by atoms with van der Waals surface area (Å²) < 4.78 is 5.26. The van der Waals surface area contributed by atoms with E-state index in [1.165, 1.54) is 6.33 Å². The van der Waals surface area contributed by atoms with Crippen molar-refractivity contribution in [3.05, 3.63) is 40.8 Å². The van der Waals surface area contributed by atoms with E-state index >= 15 is 0 Å². The molecule has 172 valence electrons. The summed E-state index contributed by atoms with van der Waals surface area (Å²) in [7, 11) is 1.78. The van der Waals surface area contributed by atoms with Crippen LogP contribution in [0.4, 0.5) is 11.6 Å². The summed E-state index contributed by atoms with van der Waals surface area (Å²) in [5, 5.41) is 17.4. The van der Waals surface area contributed by atoms with Crippen molar-refractivity contribution in [1.82, 2.24) is 33.7 Å². The van der Waals surface area contributed by atoms with E-state index in [1.807, 2.05) is 23.8 Å². The van der Waals surface area contributed by atoms with E-state index in [4.69, 9.17) is 4.98 Å². The molecule has 10 heteroatoms. The van der Waals surface area contributed by atoms with Crippen molar-refractivity contribution in [1.29, 1.82) is 5.26 Å². The van der Waals surface area contributed by atoms with Crippen molar-refractivity contribution >= 4 is 28.4 Å². The molecule has 4 aromatic rings. The van der Waals surface area contributed by atoms with Gasteiger partial charge < -0.3 is 5.32 Å². The minimum Gasteiger partial charge on any atom is -0.323 e. The first-order chi connectivity index (χ1) is 16.4. The Labute approximate surface area is 195 Å². The van der Waals surface area contributed by atoms with Crippen molar-refractivity contribution < 1.29 is 0 Å². The van der Waals surface area contributed by atoms with Crippen LogP contribution in [0.5, 0.6) is 0 Å². The molecule has 4 heterocycles. The first kappa shape index (κ1) is 19.7. The monoisotopic (exact) mass is 455 g/mol. The summed E-state index contributed by atoms with van der Waals surface area (Å²) in [6.45, 7) is 1.99. The molecule has 0 spiro atoms. The van der Waals surface area contributed by atoms with Gasteiger partial charge in [-0.2, -0.15) is 15.3 Å². The van der Waals surface area contributed by atoms with Crippen LogP contribution in [0.15, 0.2) is 29.6 Å². The second kappa shape index (κ2) is 6.65. The number of aryl methyl sites for hydroxylation is 2. The molecule has 4 aliphatic rings. The van der Waals surface area contributed by atoms with E-state index in [0.717, 1.165) is 54.5 Å². The van der Waals surface area contributed by atoms with Gasteiger partial charge in [0.15, 0.2) is 11.3 Å². The fourth-order valence-electron chi connectivity index (χ4n) is 7.23. The predicted octanol–water partition coefficient (Wildman–Crippen LogP) is 3.12. The minimum atomic E-state index is -0.194. The van der Waals surface area contributed by atoms with Crippen LogP contribution in [0.25, 0.3) is 16.8 Å². The lowest BCUT2D eigenvalue weighted by atomic mass is 9.48. The number of imidazole rings is 1. The topological polar surface area (TPSA) is 119 Å². The Morgan fingerprint density at radius 1 is 1.21 bits per heavy atom. The molecule has 4 bridgehead atoms. The van der Waals surface area contributed by atoms with Crippen LogP contribution >= 0.6 is 0 Å². The third kappa shape index (κ3) is 2.64. The van der Waals surface area contributed by atoms with Crippen LogP contribution in [0.2, 0.25) is 0 Å². The predicted molar refractivity (Wildman–Crippen MR) is 124 cm³/mol. The van der Waals surface area contributed by atoms with Gasteiger partial charge >= 0.3 is 5.69 Å². The van der Waals surface area contributed by atoms with Crippen molar-refractivity contribution in [2.24, 2.45) is 30.2 Å². The molecule has 8 rings (SSSR count). The number of nitriles is 1. The lowest BCUT2D eigenvalue weighted by molar-refractivity contribution is -0.0612. The van der Waals surface area contributed by atoms with Crippen LogP contribution in [0.3, 0.4) is 0 Å². The summed E-state index contributed by atoms with van der Waals surface area (Å²) in [6.07, 6.45) is 10.1. The standard InChI is InChI=1S/C24H25N9O/c1-13-3-19-27-12-28-32(19)10-17(13)29-22-26-9-18-21(30-22)33(23(34)31(18)2)20-15-4-14-5-16(20)8-24(6-14,7-15)11-25/h3,9-10,12,14-16,20H,4-8H2,1-2H3,(H,26,29,30). The Morgan fingerprint density at radius 2 is 2.00 bits per heavy atom. The second-order valence-corrected chi connectivity index (χ2v) is 10.5. The molecular weight excluding hydrogens is 430 g/mol. The van der Waals surface area contributed by atoms with Gasteiger partial charge in [-0.1, -0.05) is 0 Å². The summed E-state index contributed by atoms with van der Waals surface area (Å²) in [5.41, 5.74) is 3.74. The van der Waals surface area contributed by atoms with Crippen LogP contribution in [0.1, 0.15) is 43.7 Å². The second-order valence-electron chi connectivity index (χ2n) is 10.5. The highest BCUT2D eigenvalue weighted by molar-refractivity contribution is 5.73.